The number of nitrogens with zero attached hydrogens (tertiary/aromatic N) is 4. The van der Waals surface area contributed by atoms with Crippen molar-refractivity contribution in [3.05, 3.63) is 102 Å². The summed E-state index contributed by atoms with van der Waals surface area (Å²) in [6, 6.07) is 17.0. The lowest BCUT2D eigenvalue weighted by molar-refractivity contribution is 0.439. The standard InChI is InChI=1S/C30H13BN4O3/c1-32-18-8-6-16(7-9-18)20-11-21(17-4-3-5-19(10-17)33-2)30-28-29(20)37-24-14-34-12-22-26(24)31(28)27-23(36-22)13-35-15-25(27)38-30/h3-15H. The Morgan fingerprint density at radius 1 is 0.579 bits per heavy atom. The maximum Gasteiger partial charge on any atom is 0.270 e. The van der Waals surface area contributed by atoms with Crippen LogP contribution in [0.4, 0.5) is 11.4 Å². The molecule has 0 bridgehead atoms. The summed E-state index contributed by atoms with van der Waals surface area (Å²) < 4.78 is 19.3. The van der Waals surface area contributed by atoms with Gasteiger partial charge in [-0.2, -0.15) is 0 Å². The molecule has 7 nitrogen and oxygen atoms in total. The summed E-state index contributed by atoms with van der Waals surface area (Å²) in [6.07, 6.45) is 6.82. The summed E-state index contributed by atoms with van der Waals surface area (Å²) in [7, 11) is 0. The van der Waals surface area contributed by atoms with Crippen LogP contribution < -0.4 is 30.6 Å². The second-order valence-corrected chi connectivity index (χ2v) is 9.20. The van der Waals surface area contributed by atoms with E-state index in [0.717, 1.165) is 38.6 Å². The number of ether oxygens (including phenoxy) is 3. The molecule has 0 saturated carbocycles. The number of hydrogen-bond acceptors (Lipinski definition) is 5. The largest absolute Gasteiger partial charge is 0.456 e. The summed E-state index contributed by atoms with van der Waals surface area (Å²) in [6.45, 7) is 14.7. The molecule has 0 fully saturated rings. The zero-order chi connectivity index (χ0) is 25.4. The molecular formula is C30H13BN4O3. The molecule has 3 aromatic carbocycles. The molecule has 5 aromatic rings. The first-order valence-electron chi connectivity index (χ1n) is 11.9. The van der Waals surface area contributed by atoms with Crippen molar-refractivity contribution in [3.63, 3.8) is 0 Å². The Balaban J connectivity index is 1.49. The van der Waals surface area contributed by atoms with Crippen LogP contribution in [-0.2, 0) is 0 Å². The Hall–Kier alpha value is -5.60. The average Bonchev–Trinajstić information content (AvgIpc) is 2.97. The normalized spacial score (nSPS) is 12.7. The smallest absolute Gasteiger partial charge is 0.270 e. The molecule has 0 aliphatic carbocycles. The van der Waals surface area contributed by atoms with Crippen molar-refractivity contribution in [1.82, 2.24) is 9.97 Å². The summed E-state index contributed by atoms with van der Waals surface area (Å²) in [5.74, 6) is 3.84. The van der Waals surface area contributed by atoms with E-state index >= 15 is 0 Å². The van der Waals surface area contributed by atoms with Gasteiger partial charge in [0.2, 0.25) is 0 Å². The highest BCUT2D eigenvalue weighted by molar-refractivity contribution is 6.99. The van der Waals surface area contributed by atoms with Gasteiger partial charge in [0.25, 0.3) is 6.71 Å². The molecule has 8 heteroatoms. The third-order valence-electron chi connectivity index (χ3n) is 7.20. The highest BCUT2D eigenvalue weighted by Gasteiger charge is 2.48. The monoisotopic (exact) mass is 488 g/mol. The fourth-order valence-electron chi connectivity index (χ4n) is 5.57. The van der Waals surface area contributed by atoms with E-state index in [9.17, 15) is 0 Å². The fourth-order valence-corrected chi connectivity index (χ4v) is 5.57. The molecule has 0 saturated heterocycles. The molecule has 0 radical (unpaired) electrons. The predicted octanol–water partition coefficient (Wildman–Crippen LogP) is 5.75. The van der Waals surface area contributed by atoms with Gasteiger partial charge in [-0.3, -0.25) is 9.97 Å². The van der Waals surface area contributed by atoms with Crippen molar-refractivity contribution in [2.75, 3.05) is 0 Å². The Morgan fingerprint density at radius 3 is 1.76 bits per heavy atom. The van der Waals surface area contributed by atoms with Crippen LogP contribution in [0, 0.1) is 13.1 Å². The summed E-state index contributed by atoms with van der Waals surface area (Å²) in [5, 5.41) is 0. The Kier molecular flexibility index (Phi) is 4.04. The van der Waals surface area contributed by atoms with Crippen molar-refractivity contribution in [2.45, 2.75) is 0 Å². The summed E-state index contributed by atoms with van der Waals surface area (Å²) in [5.41, 5.74) is 7.24. The van der Waals surface area contributed by atoms with Crippen molar-refractivity contribution in [1.29, 1.82) is 0 Å². The van der Waals surface area contributed by atoms with Gasteiger partial charge in [-0.15, -0.1) is 0 Å². The highest BCUT2D eigenvalue weighted by Crippen LogP contribution is 2.48. The van der Waals surface area contributed by atoms with Gasteiger partial charge in [0.05, 0.1) is 37.9 Å². The van der Waals surface area contributed by atoms with Gasteiger partial charge in [0, 0.05) is 27.5 Å². The molecule has 0 amide bonds. The molecule has 3 aliphatic heterocycles. The molecule has 0 unspecified atom stereocenters. The van der Waals surface area contributed by atoms with Crippen LogP contribution in [0.3, 0.4) is 0 Å². The summed E-state index contributed by atoms with van der Waals surface area (Å²) in [4.78, 5) is 15.9. The van der Waals surface area contributed by atoms with Gasteiger partial charge in [0.15, 0.2) is 11.4 Å². The first-order chi connectivity index (χ1) is 18.7. The number of benzene rings is 3. The maximum atomic E-state index is 7.54. The second kappa shape index (κ2) is 7.46. The van der Waals surface area contributed by atoms with Gasteiger partial charge < -0.3 is 14.2 Å². The van der Waals surface area contributed by atoms with Gasteiger partial charge in [-0.1, -0.05) is 42.5 Å². The van der Waals surface area contributed by atoms with E-state index < -0.39 is 0 Å². The van der Waals surface area contributed by atoms with Crippen LogP contribution in [0.2, 0.25) is 0 Å². The fraction of sp³-hybridized carbons (Fsp3) is 0. The minimum Gasteiger partial charge on any atom is -0.456 e. The zero-order valence-electron chi connectivity index (χ0n) is 19.6. The third-order valence-corrected chi connectivity index (χ3v) is 7.20. The molecule has 8 rings (SSSR count). The van der Waals surface area contributed by atoms with Crippen molar-refractivity contribution in [2.24, 2.45) is 0 Å². The molecule has 0 N–H and O–H groups in total. The quantitative estimate of drug-likeness (QED) is 0.229. The Labute approximate surface area is 217 Å². The van der Waals surface area contributed by atoms with Gasteiger partial charge in [0.1, 0.15) is 34.5 Å². The lowest BCUT2D eigenvalue weighted by Crippen LogP contribution is -2.60. The minimum atomic E-state index is -0.206. The van der Waals surface area contributed by atoms with Crippen LogP contribution in [0.25, 0.3) is 31.9 Å². The first kappa shape index (κ1) is 20.6. The molecular weight excluding hydrogens is 475 g/mol. The number of aromatic nitrogens is 2. The highest BCUT2D eigenvalue weighted by atomic mass is 16.5. The van der Waals surface area contributed by atoms with Crippen LogP contribution in [-0.4, -0.2) is 16.7 Å². The van der Waals surface area contributed by atoms with E-state index in [1.165, 1.54) is 0 Å². The molecule has 2 aromatic heterocycles. The predicted molar refractivity (Wildman–Crippen MR) is 143 cm³/mol. The van der Waals surface area contributed by atoms with Crippen LogP contribution in [0.1, 0.15) is 0 Å². The van der Waals surface area contributed by atoms with Crippen LogP contribution in [0.15, 0.2) is 79.4 Å². The Bertz CT molecular complexity index is 1920. The lowest BCUT2D eigenvalue weighted by atomic mass is 9.34. The van der Waals surface area contributed by atoms with Gasteiger partial charge in [-0.25, -0.2) is 9.69 Å². The molecule has 5 heterocycles. The number of hydrogen-bond donors (Lipinski definition) is 0. The van der Waals surface area contributed by atoms with E-state index in [-0.39, 0.29) is 6.71 Å². The number of rotatable bonds is 2. The van der Waals surface area contributed by atoms with Crippen molar-refractivity contribution in [3.8, 4) is 56.8 Å². The maximum absolute atomic E-state index is 7.54. The van der Waals surface area contributed by atoms with Gasteiger partial charge in [-0.05, 0) is 23.3 Å². The second-order valence-electron chi connectivity index (χ2n) is 9.20. The van der Waals surface area contributed by atoms with Crippen molar-refractivity contribution < 1.29 is 14.2 Å². The van der Waals surface area contributed by atoms with Crippen LogP contribution >= 0.6 is 0 Å². The molecule has 174 valence electrons. The van der Waals surface area contributed by atoms with E-state index in [0.29, 0.717) is 45.9 Å². The van der Waals surface area contributed by atoms with Gasteiger partial charge >= 0.3 is 0 Å². The summed E-state index contributed by atoms with van der Waals surface area (Å²) >= 11 is 0. The van der Waals surface area contributed by atoms with E-state index in [1.54, 1.807) is 43.0 Å². The van der Waals surface area contributed by atoms with Crippen molar-refractivity contribution >= 4 is 34.5 Å². The van der Waals surface area contributed by atoms with E-state index in [2.05, 4.69) is 19.7 Å². The molecule has 38 heavy (non-hydrogen) atoms. The average molecular weight is 488 g/mol. The first-order valence-corrected chi connectivity index (χ1v) is 11.9. The van der Waals surface area contributed by atoms with E-state index in [1.807, 2.05) is 36.4 Å². The Morgan fingerprint density at radius 2 is 1.16 bits per heavy atom. The van der Waals surface area contributed by atoms with Crippen LogP contribution in [0.5, 0.6) is 34.5 Å². The lowest BCUT2D eigenvalue weighted by Gasteiger charge is -2.38. The number of pyridine rings is 2. The third kappa shape index (κ3) is 2.71. The minimum absolute atomic E-state index is 0.206. The topological polar surface area (TPSA) is 62.2 Å². The zero-order valence-corrected chi connectivity index (χ0v) is 19.6. The molecule has 0 spiro atoms. The van der Waals surface area contributed by atoms with E-state index in [4.69, 9.17) is 27.4 Å². The molecule has 0 atom stereocenters. The SMILES string of the molecule is [C-]#[N+]c1ccc(-c2cc(-c3cccc([N+]#[C-])c3)c3c4c2Oc2cncc5c2B4c2c(cncc2O3)O5)cc1. The molecule has 3 aliphatic rings.